The molecule has 0 saturated carbocycles. The number of methoxy groups -OCH3 is 1. The SMILES string of the molecule is C=CC(=O)N1CCc2ncc(-c3nc(-c4ccc5c(c4)CCN(C(=O)OC(C)(C)C)C5)c4ccsc4c3-c3ccc(F)cc3OCCOC)cc2C1. The Morgan fingerprint density at radius 2 is 1.73 bits per heavy atom. The summed E-state index contributed by atoms with van der Waals surface area (Å²) >= 11 is 1.58. The fourth-order valence-electron chi connectivity index (χ4n) is 6.82. The van der Waals surface area contributed by atoms with Gasteiger partial charge in [0.1, 0.15) is 23.8 Å². The van der Waals surface area contributed by atoms with Crippen LogP contribution in [0.25, 0.3) is 43.7 Å². The summed E-state index contributed by atoms with van der Waals surface area (Å²) in [5.41, 5.74) is 8.25. The zero-order chi connectivity index (χ0) is 36.6. The molecule has 5 heterocycles. The van der Waals surface area contributed by atoms with E-state index in [0.29, 0.717) is 62.6 Å². The Bertz CT molecular complexity index is 2190. The predicted molar refractivity (Wildman–Crippen MR) is 201 cm³/mol. The topological polar surface area (TPSA) is 94.1 Å². The number of rotatable bonds is 8. The number of carbonyl (C=O) groups excluding carboxylic acids is 2. The second kappa shape index (κ2) is 14.5. The number of carbonyl (C=O) groups is 2. The number of thiophene rings is 1. The van der Waals surface area contributed by atoms with Gasteiger partial charge in [-0.25, -0.2) is 14.2 Å². The van der Waals surface area contributed by atoms with Gasteiger partial charge in [0.15, 0.2) is 0 Å². The zero-order valence-electron chi connectivity index (χ0n) is 29.8. The zero-order valence-corrected chi connectivity index (χ0v) is 30.6. The summed E-state index contributed by atoms with van der Waals surface area (Å²) in [6, 6.07) is 15.0. The van der Waals surface area contributed by atoms with Crippen molar-refractivity contribution >= 4 is 33.4 Å². The lowest BCUT2D eigenvalue weighted by Crippen LogP contribution is -2.39. The number of nitrogens with zero attached hydrogens (tertiary/aromatic N) is 4. The van der Waals surface area contributed by atoms with E-state index in [-0.39, 0.29) is 18.6 Å². The average Bonchev–Trinajstić information content (AvgIpc) is 3.63. The number of hydrogen-bond acceptors (Lipinski definition) is 8. The molecule has 0 fully saturated rings. The molecule has 2 aliphatic heterocycles. The van der Waals surface area contributed by atoms with Gasteiger partial charge >= 0.3 is 6.09 Å². The van der Waals surface area contributed by atoms with Gasteiger partial charge < -0.3 is 24.0 Å². The molecule has 2 aromatic carbocycles. The van der Waals surface area contributed by atoms with E-state index in [1.165, 1.54) is 18.2 Å². The molecule has 2 amide bonds. The van der Waals surface area contributed by atoms with Crippen molar-refractivity contribution in [1.29, 1.82) is 0 Å². The second-order valence-corrected chi connectivity index (χ2v) is 14.9. The molecule has 0 aliphatic carbocycles. The summed E-state index contributed by atoms with van der Waals surface area (Å²) in [7, 11) is 1.59. The van der Waals surface area contributed by atoms with Crippen LogP contribution in [0, 0.1) is 5.82 Å². The van der Waals surface area contributed by atoms with E-state index in [1.54, 1.807) is 34.3 Å². The summed E-state index contributed by atoms with van der Waals surface area (Å²) in [5.74, 6) is -0.145. The van der Waals surface area contributed by atoms with Crippen LogP contribution in [0.1, 0.15) is 43.2 Å². The van der Waals surface area contributed by atoms with Crippen LogP contribution >= 0.6 is 11.3 Å². The molecular formula is C41H41FN4O5S. The summed E-state index contributed by atoms with van der Waals surface area (Å²) in [6.07, 6.45) is 4.19. The molecule has 268 valence electrons. The Hall–Kier alpha value is -5.13. The minimum absolute atomic E-state index is 0.122. The molecule has 3 aromatic heterocycles. The van der Waals surface area contributed by atoms with Gasteiger partial charge in [-0.1, -0.05) is 18.7 Å². The summed E-state index contributed by atoms with van der Waals surface area (Å²) in [6.45, 7) is 11.9. The van der Waals surface area contributed by atoms with Crippen molar-refractivity contribution in [3.63, 3.8) is 0 Å². The number of aromatic nitrogens is 2. The molecule has 0 radical (unpaired) electrons. The van der Waals surface area contributed by atoms with Crippen LogP contribution in [0.15, 0.2) is 72.8 Å². The third kappa shape index (κ3) is 7.15. The molecule has 0 saturated heterocycles. The maximum atomic E-state index is 14.7. The van der Waals surface area contributed by atoms with Crippen LogP contribution in [-0.4, -0.2) is 70.8 Å². The molecular weight excluding hydrogens is 680 g/mol. The van der Waals surface area contributed by atoms with Crippen molar-refractivity contribution in [3.8, 4) is 39.4 Å². The first-order chi connectivity index (χ1) is 25.0. The van der Waals surface area contributed by atoms with E-state index in [2.05, 4.69) is 36.9 Å². The highest BCUT2D eigenvalue weighted by atomic mass is 32.1. The van der Waals surface area contributed by atoms with Crippen LogP contribution in [0.5, 0.6) is 5.75 Å². The number of fused-ring (bicyclic) bond motifs is 3. The number of hydrogen-bond donors (Lipinski definition) is 0. The van der Waals surface area contributed by atoms with Gasteiger partial charge in [0.25, 0.3) is 0 Å². The number of halogens is 1. The van der Waals surface area contributed by atoms with Gasteiger partial charge in [-0.15, -0.1) is 11.3 Å². The smallest absolute Gasteiger partial charge is 0.410 e. The summed E-state index contributed by atoms with van der Waals surface area (Å²) < 4.78 is 32.7. The molecule has 0 atom stereocenters. The Kier molecular flexibility index (Phi) is 9.82. The van der Waals surface area contributed by atoms with Crippen LogP contribution in [-0.2, 0) is 40.2 Å². The third-order valence-corrected chi connectivity index (χ3v) is 10.2. The highest BCUT2D eigenvalue weighted by Gasteiger charge is 2.28. The van der Waals surface area contributed by atoms with Gasteiger partial charge in [0, 0.05) is 90.0 Å². The van der Waals surface area contributed by atoms with Crippen LogP contribution in [0.4, 0.5) is 9.18 Å². The third-order valence-electron chi connectivity index (χ3n) is 9.31. The van der Waals surface area contributed by atoms with Gasteiger partial charge in [-0.3, -0.25) is 9.78 Å². The van der Waals surface area contributed by atoms with Crippen molar-refractivity contribution in [2.45, 2.75) is 52.3 Å². The van der Waals surface area contributed by atoms with E-state index in [0.717, 1.165) is 54.9 Å². The summed E-state index contributed by atoms with van der Waals surface area (Å²) in [5, 5.41) is 3.00. The van der Waals surface area contributed by atoms with E-state index >= 15 is 0 Å². The van der Waals surface area contributed by atoms with Crippen LogP contribution in [0.3, 0.4) is 0 Å². The van der Waals surface area contributed by atoms with Crippen LogP contribution in [0.2, 0.25) is 0 Å². The van der Waals surface area contributed by atoms with Crippen molar-refractivity contribution in [2.75, 3.05) is 33.4 Å². The Morgan fingerprint density at radius 3 is 2.52 bits per heavy atom. The minimum Gasteiger partial charge on any atom is -0.490 e. The van der Waals surface area contributed by atoms with Crippen molar-refractivity contribution < 1.29 is 28.2 Å². The van der Waals surface area contributed by atoms with Crippen molar-refractivity contribution in [2.24, 2.45) is 0 Å². The standard InChI is InChI=1S/C41H41FN4O5S/c1-6-35(47)45-15-12-33-29(24-45)20-28(22-43-33)38-36(31-10-9-30(42)21-34(31)50-17-16-49-5)39-32(13-18-52-39)37(44-38)26-7-8-27-23-46(14-11-25(27)19-26)40(48)51-41(2,3)4/h6-10,13,18-22H,1,11-12,14-17,23-24H2,2-5H3. The Balaban J connectivity index is 1.37. The second-order valence-electron chi connectivity index (χ2n) is 14.0. The number of ether oxygens (including phenoxy) is 3. The Labute approximate surface area is 306 Å². The van der Waals surface area contributed by atoms with E-state index < -0.39 is 11.4 Å². The number of amides is 2. The van der Waals surface area contributed by atoms with Gasteiger partial charge in [-0.2, -0.15) is 0 Å². The Morgan fingerprint density at radius 1 is 0.942 bits per heavy atom. The average molecular weight is 721 g/mol. The molecule has 0 N–H and O–H groups in total. The molecule has 0 unspecified atom stereocenters. The molecule has 0 spiro atoms. The first-order valence-corrected chi connectivity index (χ1v) is 18.2. The lowest BCUT2D eigenvalue weighted by atomic mass is 9.92. The molecule has 7 rings (SSSR count). The van der Waals surface area contributed by atoms with Crippen molar-refractivity contribution in [3.05, 3.63) is 101 Å². The van der Waals surface area contributed by atoms with E-state index in [9.17, 15) is 14.0 Å². The minimum atomic E-state index is -0.566. The molecule has 9 nitrogen and oxygen atoms in total. The lowest BCUT2D eigenvalue weighted by Gasteiger charge is -2.31. The maximum absolute atomic E-state index is 14.7. The largest absolute Gasteiger partial charge is 0.490 e. The van der Waals surface area contributed by atoms with E-state index in [4.69, 9.17) is 24.2 Å². The maximum Gasteiger partial charge on any atom is 0.410 e. The van der Waals surface area contributed by atoms with Crippen molar-refractivity contribution in [1.82, 2.24) is 19.8 Å². The highest BCUT2D eigenvalue weighted by molar-refractivity contribution is 7.18. The lowest BCUT2D eigenvalue weighted by molar-refractivity contribution is -0.126. The summed E-state index contributed by atoms with van der Waals surface area (Å²) in [4.78, 5) is 39.2. The van der Waals surface area contributed by atoms with Gasteiger partial charge in [-0.05, 0) is 85.7 Å². The fraction of sp³-hybridized carbons (Fsp3) is 0.317. The van der Waals surface area contributed by atoms with Gasteiger partial charge in [0.2, 0.25) is 5.91 Å². The monoisotopic (exact) mass is 720 g/mol. The molecule has 11 heteroatoms. The predicted octanol–water partition coefficient (Wildman–Crippen LogP) is 8.22. The quantitative estimate of drug-likeness (QED) is 0.118. The van der Waals surface area contributed by atoms with Crippen LogP contribution < -0.4 is 4.74 Å². The highest BCUT2D eigenvalue weighted by Crippen LogP contribution is 2.46. The first-order valence-electron chi connectivity index (χ1n) is 17.4. The number of pyridine rings is 2. The number of benzene rings is 2. The molecule has 0 bridgehead atoms. The normalized spacial score (nSPS) is 14.2. The first kappa shape index (κ1) is 35.3. The van der Waals surface area contributed by atoms with Gasteiger partial charge in [0.05, 0.1) is 18.0 Å². The molecule has 52 heavy (non-hydrogen) atoms. The molecule has 2 aliphatic rings. The fourth-order valence-corrected chi connectivity index (χ4v) is 7.77. The van der Waals surface area contributed by atoms with E-state index in [1.807, 2.05) is 32.3 Å². The molecule has 5 aromatic rings.